The van der Waals surface area contributed by atoms with Gasteiger partial charge in [0.1, 0.15) is 57.2 Å². The lowest BCUT2D eigenvalue weighted by Gasteiger charge is -2.34. The molecule has 66 heavy (non-hydrogen) atoms. The van der Waals surface area contributed by atoms with Crippen LogP contribution in [0.25, 0.3) is 21.8 Å². The van der Waals surface area contributed by atoms with Crippen LogP contribution in [0.5, 0.6) is 0 Å². The van der Waals surface area contributed by atoms with Gasteiger partial charge >= 0.3 is 12.2 Å². The number of piperidine rings is 2. The van der Waals surface area contributed by atoms with Crippen LogP contribution in [0.3, 0.4) is 0 Å². The van der Waals surface area contributed by atoms with E-state index in [0.717, 1.165) is 49.2 Å². The topological polar surface area (TPSA) is 160 Å². The zero-order valence-corrected chi connectivity index (χ0v) is 38.6. The van der Waals surface area contributed by atoms with E-state index in [1.54, 1.807) is 22.2 Å². The van der Waals surface area contributed by atoms with Gasteiger partial charge in [-0.15, -0.1) is 0 Å². The Labute approximate surface area is 388 Å². The maximum Gasteiger partial charge on any atom is 0.410 e. The smallest absolute Gasteiger partial charge is 0.410 e. The van der Waals surface area contributed by atoms with Crippen molar-refractivity contribution in [1.29, 1.82) is 0 Å². The van der Waals surface area contributed by atoms with E-state index in [2.05, 4.69) is 40.5 Å². The Morgan fingerprint density at radius 3 is 1.39 bits per heavy atom. The number of hydrogen-bond donors (Lipinski definition) is 2. The molecule has 2 aliphatic rings. The molecule has 348 valence electrons. The summed E-state index contributed by atoms with van der Waals surface area (Å²) in [5.74, 6) is -2.82. The fraction of sp³-hybridized carbons (Fsp3) is 0.391. The molecule has 2 amide bonds. The monoisotopic (exact) mass is 950 g/mol. The molecule has 20 heteroatoms. The first-order chi connectivity index (χ1) is 31.2. The number of rotatable bonds is 6. The van der Waals surface area contributed by atoms with Crippen LogP contribution >= 0.6 is 23.2 Å². The molecule has 14 nitrogen and oxygen atoms in total. The first-order valence-corrected chi connectivity index (χ1v) is 22.0. The van der Waals surface area contributed by atoms with Crippen LogP contribution in [0, 0.1) is 23.3 Å². The van der Waals surface area contributed by atoms with Crippen molar-refractivity contribution in [2.24, 2.45) is 0 Å². The Balaban J connectivity index is 0.000000196. The molecule has 2 fully saturated rings. The van der Waals surface area contributed by atoms with Crippen LogP contribution in [-0.2, 0) is 9.47 Å². The van der Waals surface area contributed by atoms with Crippen LogP contribution in [0.1, 0.15) is 90.4 Å². The van der Waals surface area contributed by atoms with Gasteiger partial charge in [0.25, 0.3) is 0 Å². The highest BCUT2D eigenvalue weighted by molar-refractivity contribution is 6.31. The van der Waals surface area contributed by atoms with Crippen LogP contribution < -0.4 is 10.6 Å². The van der Waals surface area contributed by atoms with E-state index in [1.807, 2.05) is 53.7 Å². The molecule has 0 saturated carbocycles. The van der Waals surface area contributed by atoms with Crippen molar-refractivity contribution in [2.45, 2.75) is 90.3 Å². The van der Waals surface area contributed by atoms with Gasteiger partial charge in [0.2, 0.25) is 0 Å². The number of carbonyl (C=O) groups excluding carboxylic acids is 2. The molecule has 0 spiro atoms. The number of hydrogen-bond acceptors (Lipinski definition) is 12. The van der Waals surface area contributed by atoms with Crippen molar-refractivity contribution < 1.29 is 36.6 Å². The number of likely N-dealkylation sites (tertiary alicyclic amines) is 2. The molecule has 0 aliphatic carbocycles. The number of nitrogens with zero attached hydrogens (tertiary/aromatic N) is 8. The number of pyridine rings is 2. The first-order valence-electron chi connectivity index (χ1n) is 21.2. The highest BCUT2D eigenvalue weighted by atomic mass is 35.5. The van der Waals surface area contributed by atoms with Gasteiger partial charge in [-0.2, -0.15) is 0 Å². The number of anilines is 4. The number of halogens is 6. The Bertz CT molecular complexity index is 2590. The summed E-state index contributed by atoms with van der Waals surface area (Å²) < 4.78 is 66.9. The number of ether oxygens (including phenoxy) is 2. The van der Waals surface area contributed by atoms with Crippen molar-refractivity contribution in [3.8, 4) is 0 Å². The van der Waals surface area contributed by atoms with Gasteiger partial charge in [0.15, 0.2) is 11.6 Å². The van der Waals surface area contributed by atoms with E-state index in [1.165, 1.54) is 24.8 Å². The average Bonchev–Trinajstić information content (AvgIpc) is 3.28. The highest BCUT2D eigenvalue weighted by Crippen LogP contribution is 2.35. The van der Waals surface area contributed by atoms with E-state index >= 15 is 0 Å². The third kappa shape index (κ3) is 11.4. The summed E-state index contributed by atoms with van der Waals surface area (Å²) in [6, 6.07) is 8.35. The zero-order valence-electron chi connectivity index (χ0n) is 37.1. The van der Waals surface area contributed by atoms with Crippen molar-refractivity contribution in [3.63, 3.8) is 0 Å². The fourth-order valence-corrected chi connectivity index (χ4v) is 7.85. The quantitative estimate of drug-likeness (QED) is 0.120. The summed E-state index contributed by atoms with van der Waals surface area (Å²) in [5.41, 5.74) is 1.51. The number of aromatic nitrogens is 6. The molecule has 8 rings (SSSR count). The van der Waals surface area contributed by atoms with E-state index in [4.69, 9.17) is 32.7 Å². The molecule has 4 aromatic heterocycles. The molecule has 0 radical (unpaired) electrons. The number of carbonyl (C=O) groups is 2. The molecule has 2 atom stereocenters. The van der Waals surface area contributed by atoms with Gasteiger partial charge in [-0.25, -0.2) is 47.1 Å². The lowest BCUT2D eigenvalue weighted by molar-refractivity contribution is 0.0187. The summed E-state index contributed by atoms with van der Waals surface area (Å²) in [7, 11) is 0. The molecule has 2 N–H and O–H groups in total. The normalized spacial score (nSPS) is 16.7. The second kappa shape index (κ2) is 19.8. The molecule has 1 unspecified atom stereocenters. The van der Waals surface area contributed by atoms with Gasteiger partial charge in [0, 0.05) is 60.2 Å². The Kier molecular flexibility index (Phi) is 14.3. The average molecular weight is 952 g/mol. The minimum absolute atomic E-state index is 0.000672. The third-order valence-corrected chi connectivity index (χ3v) is 11.3. The van der Waals surface area contributed by atoms with Crippen LogP contribution in [0.15, 0.2) is 61.4 Å². The molecular formula is C46H48Cl2F4N10O4. The minimum atomic E-state index is -0.905. The molecule has 6 aromatic rings. The van der Waals surface area contributed by atoms with Gasteiger partial charge in [-0.05, 0) is 104 Å². The summed E-state index contributed by atoms with van der Waals surface area (Å²) in [4.78, 5) is 54.5. The summed E-state index contributed by atoms with van der Waals surface area (Å²) in [6.07, 6.45) is 8.58. The summed E-state index contributed by atoms with van der Waals surface area (Å²) >= 11 is 11.4. The largest absolute Gasteiger partial charge is 0.444 e. The SMILES string of the molecule is CC(C)(C)OC(=O)N1CCCC(c2cc3c(Nc4ccc(F)c(Cl)c4F)ncnc3cn2)C1.CC(C)(C)OC(=O)N1CCC[C@H](c2cc3c(Nc4ccc(F)c(Cl)c4F)ncnc3cn2)C1. The third-order valence-electron chi connectivity index (χ3n) is 10.6. The molecule has 0 bridgehead atoms. The van der Waals surface area contributed by atoms with Gasteiger partial charge < -0.3 is 29.9 Å². The fourth-order valence-electron chi connectivity index (χ4n) is 7.52. The highest BCUT2D eigenvalue weighted by Gasteiger charge is 2.31. The maximum absolute atomic E-state index is 14.4. The maximum atomic E-state index is 14.4. The van der Waals surface area contributed by atoms with Crippen molar-refractivity contribution >= 4 is 80.2 Å². The van der Waals surface area contributed by atoms with E-state index in [9.17, 15) is 27.2 Å². The van der Waals surface area contributed by atoms with Crippen molar-refractivity contribution in [3.05, 3.63) is 106 Å². The zero-order chi connectivity index (χ0) is 47.5. The summed E-state index contributed by atoms with van der Waals surface area (Å²) in [5, 5.41) is 5.81. The minimum Gasteiger partial charge on any atom is -0.444 e. The predicted octanol–water partition coefficient (Wildman–Crippen LogP) is 11.6. The second-order valence-corrected chi connectivity index (χ2v) is 18.7. The van der Waals surface area contributed by atoms with Crippen LogP contribution in [-0.4, -0.2) is 89.3 Å². The van der Waals surface area contributed by atoms with E-state index in [-0.39, 0.29) is 35.4 Å². The first kappa shape index (κ1) is 47.8. The Morgan fingerprint density at radius 2 is 1.02 bits per heavy atom. The molecule has 2 aromatic carbocycles. The van der Waals surface area contributed by atoms with Crippen molar-refractivity contribution in [1.82, 2.24) is 39.7 Å². The van der Waals surface area contributed by atoms with Crippen molar-refractivity contribution in [2.75, 3.05) is 36.8 Å². The molecule has 2 saturated heterocycles. The van der Waals surface area contributed by atoms with E-state index in [0.29, 0.717) is 59.6 Å². The second-order valence-electron chi connectivity index (χ2n) is 17.9. The molecule has 6 heterocycles. The van der Waals surface area contributed by atoms with Gasteiger partial charge in [0.05, 0.1) is 34.8 Å². The van der Waals surface area contributed by atoms with Gasteiger partial charge in [-0.1, -0.05) is 23.2 Å². The number of nitrogens with one attached hydrogen (secondary N) is 2. The lowest BCUT2D eigenvalue weighted by atomic mass is 9.94. The lowest BCUT2D eigenvalue weighted by Crippen LogP contribution is -2.42. The summed E-state index contributed by atoms with van der Waals surface area (Å²) in [6.45, 7) is 13.2. The predicted molar refractivity (Wildman–Crippen MR) is 244 cm³/mol. The number of fused-ring (bicyclic) bond motifs is 2. The molecule has 2 aliphatic heterocycles. The van der Waals surface area contributed by atoms with E-state index < -0.39 is 44.5 Å². The Morgan fingerprint density at radius 1 is 0.621 bits per heavy atom. The Hall–Kier alpha value is -6.14. The standard InChI is InChI=1S/2C23H24ClF2N5O2/c2*1-23(2,3)33-22(32)31-8-4-5-13(11-31)17-9-14-18(10-27-17)28-12-29-21(14)30-16-7-6-15(25)19(24)20(16)26/h2*6-7,9-10,12-13H,4-5,8,11H2,1-3H3,(H,28,29,30)/t13-;/m0./s1. The van der Waals surface area contributed by atoms with Crippen LogP contribution in [0.2, 0.25) is 10.0 Å². The molecular weight excluding hydrogens is 903 g/mol. The van der Waals surface area contributed by atoms with Crippen LogP contribution in [0.4, 0.5) is 50.2 Å². The number of amides is 2. The van der Waals surface area contributed by atoms with Gasteiger partial charge in [-0.3, -0.25) is 9.97 Å². The number of benzene rings is 2.